The molecule has 0 unspecified atom stereocenters. The summed E-state index contributed by atoms with van der Waals surface area (Å²) >= 11 is 1.14. The molecule has 0 amide bonds. The van der Waals surface area contributed by atoms with Crippen LogP contribution in [0.25, 0.3) is 12.2 Å². The monoisotopic (exact) mass is 183 g/mol. The highest BCUT2D eigenvalue weighted by molar-refractivity contribution is 7.10. The molecule has 12 heavy (non-hydrogen) atoms. The molecular formula is C9H13NOS. The Hall–Kier alpha value is -1.09. The maximum Gasteiger partial charge on any atom is 0.305 e. The smallest absolute Gasteiger partial charge is 0.305 e. The molecule has 0 aromatic carbocycles. The summed E-state index contributed by atoms with van der Waals surface area (Å²) in [5.41, 5.74) is 0.755. The first kappa shape index (κ1) is 10.9. The Morgan fingerprint density at radius 3 is 2.25 bits per heavy atom. The van der Waals surface area contributed by atoms with Crippen molar-refractivity contribution in [2.45, 2.75) is 13.8 Å². The van der Waals surface area contributed by atoms with E-state index in [-0.39, 0.29) is 4.87 Å². The standard InChI is InChI=1S/C7H7NOS.C2H6/c1-3-5-6(4-2)10-7(9)8-5;1-2/h3-4H,1-2H2,(H,8,9);1-2H3. The van der Waals surface area contributed by atoms with E-state index in [1.165, 1.54) is 0 Å². The number of hydrogen-bond acceptors (Lipinski definition) is 2. The molecule has 0 radical (unpaired) electrons. The van der Waals surface area contributed by atoms with Crippen molar-refractivity contribution in [1.82, 2.24) is 4.98 Å². The largest absolute Gasteiger partial charge is 0.312 e. The van der Waals surface area contributed by atoms with Crippen LogP contribution in [0.15, 0.2) is 18.0 Å². The van der Waals surface area contributed by atoms with Crippen molar-refractivity contribution in [2.75, 3.05) is 0 Å². The zero-order valence-corrected chi connectivity index (χ0v) is 8.20. The van der Waals surface area contributed by atoms with Crippen LogP contribution in [0.2, 0.25) is 0 Å². The zero-order valence-electron chi connectivity index (χ0n) is 7.39. The molecule has 1 N–H and O–H groups in total. The number of rotatable bonds is 2. The third-order valence-corrected chi connectivity index (χ3v) is 1.99. The predicted octanol–water partition coefficient (Wildman–Crippen LogP) is 2.75. The average molecular weight is 183 g/mol. The van der Waals surface area contributed by atoms with Gasteiger partial charge < -0.3 is 4.98 Å². The van der Waals surface area contributed by atoms with Crippen LogP contribution in [-0.2, 0) is 0 Å². The van der Waals surface area contributed by atoms with Crippen LogP contribution in [-0.4, -0.2) is 4.98 Å². The van der Waals surface area contributed by atoms with E-state index in [2.05, 4.69) is 18.1 Å². The zero-order chi connectivity index (χ0) is 9.56. The molecule has 0 saturated carbocycles. The first-order valence-electron chi connectivity index (χ1n) is 3.76. The number of aromatic nitrogens is 1. The van der Waals surface area contributed by atoms with Crippen LogP contribution in [0.3, 0.4) is 0 Å². The Balaban J connectivity index is 0.000000561. The number of nitrogens with one attached hydrogen (secondary N) is 1. The fourth-order valence-corrected chi connectivity index (χ4v) is 1.34. The van der Waals surface area contributed by atoms with Gasteiger partial charge in [-0.15, -0.1) is 0 Å². The Morgan fingerprint density at radius 1 is 1.33 bits per heavy atom. The van der Waals surface area contributed by atoms with Gasteiger partial charge in [0.15, 0.2) is 0 Å². The maximum absolute atomic E-state index is 10.7. The number of hydrogen-bond donors (Lipinski definition) is 1. The van der Waals surface area contributed by atoms with Crippen molar-refractivity contribution < 1.29 is 0 Å². The quantitative estimate of drug-likeness (QED) is 0.751. The van der Waals surface area contributed by atoms with Crippen molar-refractivity contribution >= 4 is 23.5 Å². The summed E-state index contributed by atoms with van der Waals surface area (Å²) in [6, 6.07) is 0. The van der Waals surface area contributed by atoms with Crippen molar-refractivity contribution in [3.63, 3.8) is 0 Å². The lowest BCUT2D eigenvalue weighted by molar-refractivity contribution is 1.31. The maximum atomic E-state index is 10.7. The van der Waals surface area contributed by atoms with E-state index in [0.29, 0.717) is 0 Å². The molecule has 0 bridgehead atoms. The number of aromatic amines is 1. The van der Waals surface area contributed by atoms with Crippen molar-refractivity contribution in [3.05, 3.63) is 33.4 Å². The van der Waals surface area contributed by atoms with Gasteiger partial charge in [0, 0.05) is 0 Å². The molecule has 1 rings (SSSR count). The second-order valence-electron chi connectivity index (χ2n) is 1.70. The minimum Gasteiger partial charge on any atom is -0.312 e. The third kappa shape index (κ3) is 2.51. The molecule has 0 aliphatic carbocycles. The van der Waals surface area contributed by atoms with Gasteiger partial charge in [-0.3, -0.25) is 4.79 Å². The molecular weight excluding hydrogens is 170 g/mol. The summed E-state index contributed by atoms with van der Waals surface area (Å²) in [6.07, 6.45) is 3.24. The SMILES string of the molecule is C=Cc1[nH]c(=O)sc1C=C.CC. The highest BCUT2D eigenvalue weighted by atomic mass is 32.1. The molecule has 0 fully saturated rings. The summed E-state index contributed by atoms with van der Waals surface area (Å²) < 4.78 is 0. The van der Waals surface area contributed by atoms with E-state index in [0.717, 1.165) is 21.9 Å². The first-order valence-corrected chi connectivity index (χ1v) is 4.57. The molecule has 0 spiro atoms. The molecule has 66 valence electrons. The van der Waals surface area contributed by atoms with Gasteiger partial charge in [0.25, 0.3) is 0 Å². The van der Waals surface area contributed by atoms with E-state index in [9.17, 15) is 4.79 Å². The average Bonchev–Trinajstić information content (AvgIpc) is 2.49. The van der Waals surface area contributed by atoms with Crippen molar-refractivity contribution in [2.24, 2.45) is 0 Å². The highest BCUT2D eigenvalue weighted by Gasteiger charge is 1.98. The van der Waals surface area contributed by atoms with Gasteiger partial charge in [-0.1, -0.05) is 38.3 Å². The van der Waals surface area contributed by atoms with Crippen LogP contribution < -0.4 is 4.87 Å². The Kier molecular flexibility index (Phi) is 5.04. The van der Waals surface area contributed by atoms with E-state index in [1.54, 1.807) is 12.2 Å². The topological polar surface area (TPSA) is 32.9 Å². The Bertz CT molecular complexity index is 280. The van der Waals surface area contributed by atoms with E-state index >= 15 is 0 Å². The Labute approximate surface area is 76.3 Å². The van der Waals surface area contributed by atoms with Crippen LogP contribution in [0, 0.1) is 0 Å². The minimum atomic E-state index is -0.0650. The summed E-state index contributed by atoms with van der Waals surface area (Å²) in [5.74, 6) is 0. The van der Waals surface area contributed by atoms with Crippen LogP contribution >= 0.6 is 11.3 Å². The number of H-pyrrole nitrogens is 1. The minimum absolute atomic E-state index is 0.0650. The lowest BCUT2D eigenvalue weighted by atomic mass is 10.3. The molecule has 1 heterocycles. The van der Waals surface area contributed by atoms with E-state index in [4.69, 9.17) is 0 Å². The molecule has 3 heteroatoms. The lowest BCUT2D eigenvalue weighted by Crippen LogP contribution is -1.91. The highest BCUT2D eigenvalue weighted by Crippen LogP contribution is 2.10. The fraction of sp³-hybridized carbons (Fsp3) is 0.222. The third-order valence-electron chi connectivity index (χ3n) is 1.09. The van der Waals surface area contributed by atoms with Gasteiger partial charge in [0.05, 0.1) is 10.6 Å². The van der Waals surface area contributed by atoms with Crippen LogP contribution in [0.4, 0.5) is 0 Å². The lowest BCUT2D eigenvalue weighted by Gasteiger charge is -1.84. The fourth-order valence-electron chi connectivity index (χ4n) is 0.655. The van der Waals surface area contributed by atoms with Crippen LogP contribution in [0.1, 0.15) is 24.4 Å². The summed E-state index contributed by atoms with van der Waals surface area (Å²) in [6.45, 7) is 11.1. The van der Waals surface area contributed by atoms with Gasteiger partial charge in [-0.05, 0) is 12.2 Å². The van der Waals surface area contributed by atoms with Gasteiger partial charge in [-0.2, -0.15) is 0 Å². The number of thiazole rings is 1. The molecule has 2 nitrogen and oxygen atoms in total. The van der Waals surface area contributed by atoms with E-state index in [1.807, 2.05) is 13.8 Å². The summed E-state index contributed by atoms with van der Waals surface area (Å²) in [7, 11) is 0. The second-order valence-corrected chi connectivity index (χ2v) is 2.72. The molecule has 0 atom stereocenters. The molecule has 0 aliphatic heterocycles. The van der Waals surface area contributed by atoms with Crippen molar-refractivity contribution in [1.29, 1.82) is 0 Å². The predicted molar refractivity (Wildman–Crippen MR) is 56.5 cm³/mol. The van der Waals surface area contributed by atoms with Gasteiger partial charge in [-0.25, -0.2) is 0 Å². The second kappa shape index (κ2) is 5.55. The van der Waals surface area contributed by atoms with Crippen molar-refractivity contribution in [3.8, 4) is 0 Å². The molecule has 1 aromatic rings. The normalized spacial score (nSPS) is 8.17. The van der Waals surface area contributed by atoms with E-state index < -0.39 is 0 Å². The van der Waals surface area contributed by atoms with Gasteiger partial charge >= 0.3 is 4.87 Å². The van der Waals surface area contributed by atoms with Gasteiger partial charge in [0.1, 0.15) is 0 Å². The molecule has 0 aliphatic rings. The van der Waals surface area contributed by atoms with Gasteiger partial charge in [0.2, 0.25) is 0 Å². The molecule has 1 aromatic heterocycles. The molecule has 0 saturated heterocycles. The Morgan fingerprint density at radius 2 is 1.92 bits per heavy atom. The first-order chi connectivity index (χ1) is 5.77. The van der Waals surface area contributed by atoms with Crippen LogP contribution in [0.5, 0.6) is 0 Å². The summed E-state index contributed by atoms with van der Waals surface area (Å²) in [5, 5.41) is 0. The summed E-state index contributed by atoms with van der Waals surface area (Å²) in [4.78, 5) is 14.1.